The van der Waals surface area contributed by atoms with Crippen molar-refractivity contribution in [3.8, 4) is 0 Å². The first kappa shape index (κ1) is 10.1. The monoisotopic (exact) mass is 209 g/mol. The van der Waals surface area contributed by atoms with Gasteiger partial charge in [0.05, 0.1) is 0 Å². The number of nitrogens with zero attached hydrogens (tertiary/aromatic N) is 1. The molecule has 15 heavy (non-hydrogen) atoms. The van der Waals surface area contributed by atoms with Crippen LogP contribution in [0.3, 0.4) is 0 Å². The summed E-state index contributed by atoms with van der Waals surface area (Å²) in [5.41, 5.74) is 6.43. The topological polar surface area (TPSA) is 41.3 Å². The van der Waals surface area contributed by atoms with Crippen LogP contribution in [-0.4, -0.2) is 43.2 Å². The van der Waals surface area contributed by atoms with Gasteiger partial charge in [-0.15, -0.1) is 0 Å². The first-order valence-electron chi connectivity index (χ1n) is 6.56. The van der Waals surface area contributed by atoms with Crippen molar-refractivity contribution in [3.05, 3.63) is 0 Å². The maximum Gasteiger partial charge on any atom is 0.0290 e. The molecule has 0 spiro atoms. The Kier molecular flexibility index (Phi) is 2.71. The number of fused-ring (bicyclic) bond motifs is 3. The lowest BCUT2D eigenvalue weighted by molar-refractivity contribution is -0.00758. The minimum absolute atomic E-state index is 0.456. The Balaban J connectivity index is 1.73. The molecule has 3 atom stereocenters. The lowest BCUT2D eigenvalue weighted by atomic mass is 9.73. The lowest BCUT2D eigenvalue weighted by Gasteiger charge is -2.53. The van der Waals surface area contributed by atoms with Gasteiger partial charge < -0.3 is 11.1 Å². The molecule has 0 aromatic carbocycles. The van der Waals surface area contributed by atoms with Crippen LogP contribution in [0.4, 0.5) is 0 Å². The molecule has 3 N–H and O–H groups in total. The maximum atomic E-state index is 6.43. The quantitative estimate of drug-likeness (QED) is 0.657. The standard InChI is InChI=1S/C12H23N3/c13-11-9-3-6-15(7-4-9)12(11)10-2-1-5-14-8-10/h9-12,14H,1-8,13H2. The van der Waals surface area contributed by atoms with Gasteiger partial charge in [-0.3, -0.25) is 4.90 Å². The predicted molar refractivity (Wildman–Crippen MR) is 61.7 cm³/mol. The average molecular weight is 209 g/mol. The molecule has 0 radical (unpaired) electrons. The van der Waals surface area contributed by atoms with Crippen molar-refractivity contribution in [2.75, 3.05) is 26.2 Å². The van der Waals surface area contributed by atoms with E-state index in [0.29, 0.717) is 12.1 Å². The molecule has 0 aromatic rings. The van der Waals surface area contributed by atoms with E-state index in [2.05, 4.69) is 10.2 Å². The van der Waals surface area contributed by atoms with Crippen LogP contribution in [-0.2, 0) is 0 Å². The van der Waals surface area contributed by atoms with Gasteiger partial charge in [-0.05, 0) is 63.7 Å². The molecule has 4 fully saturated rings. The summed E-state index contributed by atoms with van der Waals surface area (Å²) in [6, 6.07) is 1.14. The highest BCUT2D eigenvalue weighted by Gasteiger charge is 2.43. The molecular formula is C12H23N3. The average Bonchev–Trinajstić information content (AvgIpc) is 2.31. The van der Waals surface area contributed by atoms with E-state index in [4.69, 9.17) is 5.73 Å². The Morgan fingerprint density at radius 2 is 1.87 bits per heavy atom. The molecule has 0 aromatic heterocycles. The molecule has 4 aliphatic rings. The first-order chi connectivity index (χ1) is 7.36. The molecule has 2 bridgehead atoms. The van der Waals surface area contributed by atoms with Crippen molar-refractivity contribution in [2.45, 2.75) is 37.8 Å². The fourth-order valence-electron chi connectivity index (χ4n) is 3.91. The molecular weight excluding hydrogens is 186 g/mol. The van der Waals surface area contributed by atoms with E-state index in [-0.39, 0.29) is 0 Å². The van der Waals surface area contributed by atoms with Gasteiger partial charge in [-0.2, -0.15) is 0 Å². The minimum Gasteiger partial charge on any atom is -0.326 e. The van der Waals surface area contributed by atoms with Crippen molar-refractivity contribution < 1.29 is 0 Å². The van der Waals surface area contributed by atoms with Gasteiger partial charge in [0.25, 0.3) is 0 Å². The molecule has 4 saturated heterocycles. The summed E-state index contributed by atoms with van der Waals surface area (Å²) in [6.07, 6.45) is 5.41. The highest BCUT2D eigenvalue weighted by molar-refractivity contribution is 5.00. The molecule has 0 amide bonds. The number of piperidine rings is 4. The van der Waals surface area contributed by atoms with Crippen LogP contribution in [0, 0.1) is 11.8 Å². The molecule has 3 nitrogen and oxygen atoms in total. The molecule has 4 rings (SSSR count). The van der Waals surface area contributed by atoms with E-state index in [1.54, 1.807) is 0 Å². The molecule has 3 unspecified atom stereocenters. The van der Waals surface area contributed by atoms with Crippen molar-refractivity contribution in [2.24, 2.45) is 17.6 Å². The number of rotatable bonds is 1. The Morgan fingerprint density at radius 3 is 2.47 bits per heavy atom. The summed E-state index contributed by atoms with van der Waals surface area (Å²) < 4.78 is 0. The molecule has 0 aliphatic carbocycles. The third kappa shape index (κ3) is 1.71. The number of nitrogens with two attached hydrogens (primary N) is 1. The Bertz CT molecular complexity index is 215. The zero-order valence-corrected chi connectivity index (χ0v) is 9.49. The van der Waals surface area contributed by atoms with E-state index in [0.717, 1.165) is 11.8 Å². The summed E-state index contributed by atoms with van der Waals surface area (Å²) in [6.45, 7) is 5.02. The van der Waals surface area contributed by atoms with Crippen molar-refractivity contribution in [3.63, 3.8) is 0 Å². The highest BCUT2D eigenvalue weighted by Crippen LogP contribution is 2.36. The normalized spacial score (nSPS) is 50.6. The second-order valence-corrected chi connectivity index (χ2v) is 5.55. The first-order valence-corrected chi connectivity index (χ1v) is 6.56. The van der Waals surface area contributed by atoms with Gasteiger partial charge in [0.1, 0.15) is 0 Å². The number of nitrogens with one attached hydrogen (secondary N) is 1. The Labute approximate surface area is 92.4 Å². The number of hydrogen-bond donors (Lipinski definition) is 2. The molecule has 86 valence electrons. The van der Waals surface area contributed by atoms with Gasteiger partial charge in [-0.1, -0.05) is 0 Å². The van der Waals surface area contributed by atoms with E-state index >= 15 is 0 Å². The van der Waals surface area contributed by atoms with Crippen molar-refractivity contribution in [1.82, 2.24) is 10.2 Å². The van der Waals surface area contributed by atoms with Crippen LogP contribution in [0.25, 0.3) is 0 Å². The van der Waals surface area contributed by atoms with E-state index in [1.807, 2.05) is 0 Å². The van der Waals surface area contributed by atoms with Crippen LogP contribution in [0.5, 0.6) is 0 Å². The van der Waals surface area contributed by atoms with Crippen LogP contribution < -0.4 is 11.1 Å². The van der Waals surface area contributed by atoms with E-state index in [1.165, 1.54) is 51.9 Å². The zero-order chi connectivity index (χ0) is 10.3. The van der Waals surface area contributed by atoms with Gasteiger partial charge in [-0.25, -0.2) is 0 Å². The second-order valence-electron chi connectivity index (χ2n) is 5.55. The fourth-order valence-corrected chi connectivity index (χ4v) is 3.91. The summed E-state index contributed by atoms with van der Waals surface area (Å²) in [4.78, 5) is 2.67. The SMILES string of the molecule is NC1C2CCN(CC2)C1C1CCCNC1. The minimum atomic E-state index is 0.456. The van der Waals surface area contributed by atoms with Gasteiger partial charge in [0.2, 0.25) is 0 Å². The third-order valence-electron chi connectivity index (χ3n) is 4.75. The predicted octanol–water partition coefficient (Wildman–Crippen LogP) is 0.408. The Morgan fingerprint density at radius 1 is 1.07 bits per heavy atom. The fraction of sp³-hybridized carbons (Fsp3) is 1.00. The summed E-state index contributed by atoms with van der Waals surface area (Å²) in [7, 11) is 0. The van der Waals surface area contributed by atoms with E-state index in [9.17, 15) is 0 Å². The lowest BCUT2D eigenvalue weighted by Crippen LogP contribution is -2.65. The molecule has 3 heteroatoms. The van der Waals surface area contributed by atoms with Crippen LogP contribution in [0.15, 0.2) is 0 Å². The smallest absolute Gasteiger partial charge is 0.0290 e. The molecule has 4 heterocycles. The maximum absolute atomic E-state index is 6.43. The highest BCUT2D eigenvalue weighted by atomic mass is 15.2. The summed E-state index contributed by atoms with van der Waals surface area (Å²) >= 11 is 0. The van der Waals surface area contributed by atoms with Crippen LogP contribution in [0.1, 0.15) is 25.7 Å². The Hall–Kier alpha value is -0.120. The van der Waals surface area contributed by atoms with Crippen LogP contribution in [0.2, 0.25) is 0 Å². The summed E-state index contributed by atoms with van der Waals surface area (Å²) in [5.74, 6) is 1.64. The van der Waals surface area contributed by atoms with E-state index < -0.39 is 0 Å². The largest absolute Gasteiger partial charge is 0.326 e. The van der Waals surface area contributed by atoms with Crippen molar-refractivity contribution in [1.29, 1.82) is 0 Å². The zero-order valence-electron chi connectivity index (χ0n) is 9.49. The van der Waals surface area contributed by atoms with Gasteiger partial charge >= 0.3 is 0 Å². The third-order valence-corrected chi connectivity index (χ3v) is 4.75. The molecule has 4 aliphatic heterocycles. The van der Waals surface area contributed by atoms with Crippen LogP contribution >= 0.6 is 0 Å². The van der Waals surface area contributed by atoms with Gasteiger partial charge in [0.15, 0.2) is 0 Å². The van der Waals surface area contributed by atoms with Crippen molar-refractivity contribution >= 4 is 0 Å². The number of hydrogen-bond acceptors (Lipinski definition) is 3. The molecule has 0 saturated carbocycles. The summed E-state index contributed by atoms with van der Waals surface area (Å²) in [5, 5.41) is 3.53. The van der Waals surface area contributed by atoms with Gasteiger partial charge in [0, 0.05) is 12.1 Å². The second kappa shape index (κ2) is 4.04.